The number of benzene rings is 2. The first-order valence-corrected chi connectivity index (χ1v) is 10.2. The molecule has 0 saturated carbocycles. The fourth-order valence-corrected chi connectivity index (χ4v) is 4.26. The van der Waals surface area contributed by atoms with E-state index in [-0.39, 0.29) is 23.9 Å². The molecule has 2 aromatic rings. The molecule has 0 spiro atoms. The van der Waals surface area contributed by atoms with Gasteiger partial charge in [0.1, 0.15) is 17.6 Å². The lowest BCUT2D eigenvalue weighted by Gasteiger charge is -2.38. The van der Waals surface area contributed by atoms with E-state index in [1.165, 1.54) is 0 Å². The number of methoxy groups -OCH3 is 1. The van der Waals surface area contributed by atoms with Crippen molar-refractivity contribution < 1.29 is 23.8 Å². The van der Waals surface area contributed by atoms with Crippen molar-refractivity contribution in [2.24, 2.45) is 5.73 Å². The summed E-state index contributed by atoms with van der Waals surface area (Å²) in [5, 5.41) is 0. The summed E-state index contributed by atoms with van der Waals surface area (Å²) < 4.78 is 17.0. The van der Waals surface area contributed by atoms with Gasteiger partial charge in [-0.15, -0.1) is 0 Å². The third-order valence-corrected chi connectivity index (χ3v) is 5.90. The Labute approximate surface area is 175 Å². The molecule has 2 aliphatic rings. The molecule has 1 saturated heterocycles. The average molecular weight is 410 g/mol. The highest BCUT2D eigenvalue weighted by atomic mass is 16.5. The minimum Gasteiger partial charge on any atom is -0.497 e. The van der Waals surface area contributed by atoms with Crippen molar-refractivity contribution >= 4 is 12.0 Å². The Morgan fingerprint density at radius 1 is 1.13 bits per heavy atom. The summed E-state index contributed by atoms with van der Waals surface area (Å²) in [6.07, 6.45) is 0.793. The topological polar surface area (TPSA) is 91.1 Å². The largest absolute Gasteiger partial charge is 0.497 e. The SMILES string of the molecule is COc1ccc2c(c1)OCCC2C(=O)OC1CCN(C(N)=O)CC1c1ccccc1. The van der Waals surface area contributed by atoms with E-state index in [1.54, 1.807) is 18.1 Å². The van der Waals surface area contributed by atoms with Crippen LogP contribution in [0.25, 0.3) is 0 Å². The van der Waals surface area contributed by atoms with Crippen LogP contribution in [0.5, 0.6) is 11.5 Å². The van der Waals surface area contributed by atoms with Gasteiger partial charge in [-0.2, -0.15) is 0 Å². The summed E-state index contributed by atoms with van der Waals surface area (Å²) in [5.41, 5.74) is 7.35. The van der Waals surface area contributed by atoms with E-state index in [2.05, 4.69) is 0 Å². The van der Waals surface area contributed by atoms with Gasteiger partial charge in [-0.3, -0.25) is 4.79 Å². The molecule has 1 fully saturated rings. The van der Waals surface area contributed by atoms with Crippen LogP contribution in [0.3, 0.4) is 0 Å². The van der Waals surface area contributed by atoms with Crippen LogP contribution in [-0.4, -0.2) is 49.8 Å². The molecule has 2 aliphatic heterocycles. The maximum Gasteiger partial charge on any atom is 0.314 e. The summed E-state index contributed by atoms with van der Waals surface area (Å²) in [6.45, 7) is 1.35. The lowest BCUT2D eigenvalue weighted by atomic mass is 9.87. The number of rotatable bonds is 4. The molecule has 158 valence electrons. The van der Waals surface area contributed by atoms with Crippen molar-refractivity contribution in [3.63, 3.8) is 0 Å². The third-order valence-electron chi connectivity index (χ3n) is 5.90. The maximum absolute atomic E-state index is 13.2. The van der Waals surface area contributed by atoms with E-state index in [9.17, 15) is 9.59 Å². The Morgan fingerprint density at radius 2 is 1.93 bits per heavy atom. The molecule has 0 bridgehead atoms. The van der Waals surface area contributed by atoms with Crippen LogP contribution in [0.4, 0.5) is 4.79 Å². The lowest BCUT2D eigenvalue weighted by molar-refractivity contribution is -0.154. The Kier molecular flexibility index (Phi) is 5.79. The molecule has 7 nitrogen and oxygen atoms in total. The van der Waals surface area contributed by atoms with Gasteiger partial charge in [-0.1, -0.05) is 36.4 Å². The van der Waals surface area contributed by atoms with Crippen molar-refractivity contribution in [1.82, 2.24) is 4.90 Å². The van der Waals surface area contributed by atoms with Gasteiger partial charge >= 0.3 is 12.0 Å². The van der Waals surface area contributed by atoms with Crippen molar-refractivity contribution in [3.05, 3.63) is 59.7 Å². The number of primary amides is 1. The summed E-state index contributed by atoms with van der Waals surface area (Å²) in [7, 11) is 1.60. The highest BCUT2D eigenvalue weighted by Crippen LogP contribution is 2.38. The zero-order valence-corrected chi connectivity index (χ0v) is 17.0. The highest BCUT2D eigenvalue weighted by Gasteiger charge is 2.37. The molecule has 30 heavy (non-hydrogen) atoms. The molecule has 0 aromatic heterocycles. The van der Waals surface area contributed by atoms with Crippen LogP contribution < -0.4 is 15.2 Å². The summed E-state index contributed by atoms with van der Waals surface area (Å²) in [6, 6.07) is 14.8. The smallest absolute Gasteiger partial charge is 0.314 e. The number of amides is 2. The number of hydrogen-bond donors (Lipinski definition) is 1. The number of hydrogen-bond acceptors (Lipinski definition) is 5. The number of carbonyl (C=O) groups excluding carboxylic acids is 2. The molecular weight excluding hydrogens is 384 g/mol. The summed E-state index contributed by atoms with van der Waals surface area (Å²) in [4.78, 5) is 26.5. The second-order valence-electron chi connectivity index (χ2n) is 7.66. The van der Waals surface area contributed by atoms with Gasteiger partial charge < -0.3 is 24.8 Å². The van der Waals surface area contributed by atoms with Crippen LogP contribution in [-0.2, 0) is 9.53 Å². The van der Waals surface area contributed by atoms with Gasteiger partial charge in [0.05, 0.1) is 19.6 Å². The molecule has 2 N–H and O–H groups in total. The first kappa shape index (κ1) is 20.1. The standard InChI is InChI=1S/C23H26N2O5/c1-28-16-7-8-17-18(10-12-29-21(17)13-16)22(26)30-20-9-11-25(23(24)27)14-19(20)15-5-3-2-4-6-15/h2-8,13,18-20H,9-12,14H2,1H3,(H2,24,27). The Bertz CT molecular complexity index is 917. The Hall–Kier alpha value is -3.22. The number of piperidine rings is 1. The monoisotopic (exact) mass is 410 g/mol. The van der Waals surface area contributed by atoms with Crippen LogP contribution in [0.15, 0.2) is 48.5 Å². The molecule has 3 unspecified atom stereocenters. The molecule has 3 atom stereocenters. The Morgan fingerprint density at radius 3 is 2.67 bits per heavy atom. The Balaban J connectivity index is 1.54. The number of carbonyl (C=O) groups is 2. The number of ether oxygens (including phenoxy) is 3. The molecule has 0 aliphatic carbocycles. The highest BCUT2D eigenvalue weighted by molar-refractivity contribution is 5.80. The summed E-state index contributed by atoms with van der Waals surface area (Å²) in [5.74, 6) is 0.580. The summed E-state index contributed by atoms with van der Waals surface area (Å²) >= 11 is 0. The zero-order chi connectivity index (χ0) is 21.1. The van der Waals surface area contributed by atoms with Gasteiger partial charge in [0, 0.05) is 37.1 Å². The number of nitrogens with two attached hydrogens (primary N) is 1. The quantitative estimate of drug-likeness (QED) is 0.783. The van der Waals surface area contributed by atoms with Crippen molar-refractivity contribution in [3.8, 4) is 11.5 Å². The van der Waals surface area contributed by atoms with Crippen molar-refractivity contribution in [1.29, 1.82) is 0 Å². The maximum atomic E-state index is 13.2. The number of esters is 1. The molecule has 0 radical (unpaired) electrons. The molecule has 2 aromatic carbocycles. The lowest BCUT2D eigenvalue weighted by Crippen LogP contribution is -2.48. The molecule has 7 heteroatoms. The van der Waals surface area contributed by atoms with E-state index >= 15 is 0 Å². The second kappa shape index (κ2) is 8.65. The molecular formula is C23H26N2O5. The van der Waals surface area contributed by atoms with Crippen LogP contribution in [0, 0.1) is 0 Å². The minimum absolute atomic E-state index is 0.119. The first-order chi connectivity index (χ1) is 14.6. The minimum atomic E-state index is -0.451. The number of likely N-dealkylation sites (tertiary alicyclic amines) is 1. The normalized spacial score (nSPS) is 23.1. The predicted octanol–water partition coefficient (Wildman–Crippen LogP) is 3.04. The second-order valence-corrected chi connectivity index (χ2v) is 7.66. The van der Waals surface area contributed by atoms with Gasteiger partial charge in [-0.05, 0) is 18.1 Å². The number of nitrogens with zero attached hydrogens (tertiary/aromatic N) is 1. The third kappa shape index (κ3) is 4.06. The van der Waals surface area contributed by atoms with Gasteiger partial charge in [0.2, 0.25) is 0 Å². The van der Waals surface area contributed by atoms with Crippen LogP contribution in [0.2, 0.25) is 0 Å². The zero-order valence-electron chi connectivity index (χ0n) is 17.0. The average Bonchev–Trinajstić information content (AvgIpc) is 2.78. The number of urea groups is 1. The van der Waals surface area contributed by atoms with E-state index < -0.39 is 6.03 Å². The number of fused-ring (bicyclic) bond motifs is 1. The van der Waals surface area contributed by atoms with E-state index in [0.717, 1.165) is 11.1 Å². The van der Waals surface area contributed by atoms with Crippen LogP contribution in [0.1, 0.15) is 35.8 Å². The molecule has 4 rings (SSSR count). The van der Waals surface area contributed by atoms with E-state index in [0.29, 0.717) is 44.0 Å². The van der Waals surface area contributed by atoms with Gasteiger partial charge in [0.15, 0.2) is 0 Å². The fourth-order valence-electron chi connectivity index (χ4n) is 4.26. The van der Waals surface area contributed by atoms with Crippen LogP contribution >= 0.6 is 0 Å². The molecule has 2 amide bonds. The van der Waals surface area contributed by atoms with Gasteiger partial charge in [0.25, 0.3) is 0 Å². The van der Waals surface area contributed by atoms with Crippen molar-refractivity contribution in [2.45, 2.75) is 30.8 Å². The first-order valence-electron chi connectivity index (χ1n) is 10.2. The van der Waals surface area contributed by atoms with Gasteiger partial charge in [-0.25, -0.2) is 4.79 Å². The molecule has 2 heterocycles. The van der Waals surface area contributed by atoms with E-state index in [1.807, 2.05) is 42.5 Å². The fraction of sp³-hybridized carbons (Fsp3) is 0.391. The predicted molar refractivity (Wildman–Crippen MR) is 111 cm³/mol. The van der Waals surface area contributed by atoms with E-state index in [4.69, 9.17) is 19.9 Å². The van der Waals surface area contributed by atoms with Crippen molar-refractivity contribution in [2.75, 3.05) is 26.8 Å².